The number of carbonyl (C=O) groups is 1. The van der Waals surface area contributed by atoms with E-state index in [0.717, 1.165) is 5.56 Å². The third-order valence-electron chi connectivity index (χ3n) is 2.55. The first-order valence-corrected chi connectivity index (χ1v) is 5.68. The van der Waals surface area contributed by atoms with E-state index in [-0.39, 0.29) is 18.5 Å². The maximum atomic E-state index is 11.6. The number of Topliss-reactive ketones (excluding diaryl/α,β-unsaturated/α-hetero) is 1. The van der Waals surface area contributed by atoms with Crippen molar-refractivity contribution in [3.05, 3.63) is 34.9 Å². The number of rotatable bonds is 5. The van der Waals surface area contributed by atoms with Crippen LogP contribution in [0.15, 0.2) is 18.2 Å². The smallest absolute Gasteiger partial charge is 0.162 e. The van der Waals surface area contributed by atoms with Crippen molar-refractivity contribution in [1.82, 2.24) is 0 Å². The molecule has 0 spiro atoms. The van der Waals surface area contributed by atoms with Crippen LogP contribution in [0.3, 0.4) is 0 Å². The Kier molecular flexibility index (Phi) is 4.69. The molecule has 0 aliphatic carbocycles. The second kappa shape index (κ2) is 5.80. The van der Waals surface area contributed by atoms with Crippen molar-refractivity contribution in [2.45, 2.75) is 40.2 Å². The maximum Gasteiger partial charge on any atom is 0.162 e. The first-order chi connectivity index (χ1) is 7.49. The second-order valence-corrected chi connectivity index (χ2v) is 4.49. The highest BCUT2D eigenvalue weighted by Crippen LogP contribution is 2.10. The molecule has 88 valence electrons. The summed E-state index contributed by atoms with van der Waals surface area (Å²) < 4.78 is 5.28. The highest BCUT2D eigenvalue weighted by atomic mass is 16.5. The molecule has 0 aliphatic heterocycles. The van der Waals surface area contributed by atoms with Gasteiger partial charge in [-0.2, -0.15) is 0 Å². The van der Waals surface area contributed by atoms with Gasteiger partial charge in [-0.05, 0) is 44.4 Å². The first-order valence-electron chi connectivity index (χ1n) is 5.68. The summed E-state index contributed by atoms with van der Waals surface area (Å²) in [5, 5.41) is 0. The van der Waals surface area contributed by atoms with Crippen molar-refractivity contribution < 1.29 is 9.53 Å². The van der Waals surface area contributed by atoms with Gasteiger partial charge in [-0.25, -0.2) is 0 Å². The lowest BCUT2D eigenvalue weighted by Gasteiger charge is -2.07. The van der Waals surface area contributed by atoms with Crippen LogP contribution in [-0.4, -0.2) is 18.5 Å². The van der Waals surface area contributed by atoms with Crippen LogP contribution in [0.25, 0.3) is 0 Å². The number of hydrogen-bond acceptors (Lipinski definition) is 2. The zero-order valence-corrected chi connectivity index (χ0v) is 10.5. The monoisotopic (exact) mass is 220 g/mol. The van der Waals surface area contributed by atoms with Crippen LogP contribution in [0.1, 0.15) is 30.5 Å². The average Bonchev–Trinajstić information content (AvgIpc) is 2.21. The van der Waals surface area contributed by atoms with Crippen molar-refractivity contribution in [3.63, 3.8) is 0 Å². The van der Waals surface area contributed by atoms with Gasteiger partial charge < -0.3 is 4.74 Å². The largest absolute Gasteiger partial charge is 0.371 e. The van der Waals surface area contributed by atoms with Crippen molar-refractivity contribution >= 4 is 5.78 Å². The van der Waals surface area contributed by atoms with Crippen LogP contribution in [0.2, 0.25) is 0 Å². The lowest BCUT2D eigenvalue weighted by Crippen LogP contribution is -2.15. The standard InChI is InChI=1S/C14H20O2/c1-10(2)16-9-14(15)8-13-6-5-11(3)12(4)7-13/h5-7,10H,8-9H2,1-4H3. The molecule has 1 rings (SSSR count). The molecule has 0 saturated heterocycles. The van der Waals surface area contributed by atoms with Crippen LogP contribution in [0.4, 0.5) is 0 Å². The van der Waals surface area contributed by atoms with Gasteiger partial charge in [0.05, 0.1) is 6.10 Å². The minimum atomic E-state index is 0.115. The molecule has 0 aromatic heterocycles. The SMILES string of the molecule is Cc1ccc(CC(=O)COC(C)C)cc1C. The number of ketones is 1. The van der Waals surface area contributed by atoms with E-state index in [1.807, 2.05) is 19.9 Å². The average molecular weight is 220 g/mol. The lowest BCUT2D eigenvalue weighted by molar-refractivity contribution is -0.124. The third-order valence-corrected chi connectivity index (χ3v) is 2.55. The van der Waals surface area contributed by atoms with Gasteiger partial charge in [0, 0.05) is 6.42 Å². The minimum Gasteiger partial charge on any atom is -0.371 e. The molecule has 0 N–H and O–H groups in total. The van der Waals surface area contributed by atoms with Crippen molar-refractivity contribution in [2.24, 2.45) is 0 Å². The van der Waals surface area contributed by atoms with Crippen LogP contribution < -0.4 is 0 Å². The Labute approximate surface area is 97.6 Å². The van der Waals surface area contributed by atoms with E-state index in [0.29, 0.717) is 6.42 Å². The van der Waals surface area contributed by atoms with Gasteiger partial charge in [0.1, 0.15) is 6.61 Å². The van der Waals surface area contributed by atoms with E-state index in [4.69, 9.17) is 4.74 Å². The van der Waals surface area contributed by atoms with Crippen molar-refractivity contribution in [1.29, 1.82) is 0 Å². The van der Waals surface area contributed by atoms with E-state index in [9.17, 15) is 4.79 Å². The molecule has 2 nitrogen and oxygen atoms in total. The van der Waals surface area contributed by atoms with Crippen molar-refractivity contribution in [3.8, 4) is 0 Å². The van der Waals surface area contributed by atoms with Gasteiger partial charge in [0.2, 0.25) is 0 Å². The van der Waals surface area contributed by atoms with Crippen LogP contribution in [0, 0.1) is 13.8 Å². The number of hydrogen-bond donors (Lipinski definition) is 0. The van der Waals surface area contributed by atoms with E-state index < -0.39 is 0 Å². The topological polar surface area (TPSA) is 26.3 Å². The summed E-state index contributed by atoms with van der Waals surface area (Å²) in [5.41, 5.74) is 3.56. The summed E-state index contributed by atoms with van der Waals surface area (Å²) in [4.78, 5) is 11.6. The Hall–Kier alpha value is -1.15. The third kappa shape index (κ3) is 4.15. The highest BCUT2D eigenvalue weighted by molar-refractivity contribution is 5.82. The molecule has 0 fully saturated rings. The summed E-state index contributed by atoms with van der Waals surface area (Å²) in [7, 11) is 0. The Morgan fingerprint density at radius 2 is 1.94 bits per heavy atom. The molecule has 0 heterocycles. The Morgan fingerprint density at radius 3 is 2.50 bits per heavy atom. The fourth-order valence-electron chi connectivity index (χ4n) is 1.45. The predicted octanol–water partition coefficient (Wildman–Crippen LogP) is 2.84. The summed E-state index contributed by atoms with van der Waals surface area (Å²) in [5.74, 6) is 0.136. The normalized spacial score (nSPS) is 10.8. The quantitative estimate of drug-likeness (QED) is 0.762. The van der Waals surface area contributed by atoms with Crippen LogP contribution >= 0.6 is 0 Å². The van der Waals surface area contributed by atoms with Gasteiger partial charge in [-0.1, -0.05) is 18.2 Å². The summed E-state index contributed by atoms with van der Waals surface area (Å²) >= 11 is 0. The first kappa shape index (κ1) is 12.9. The molecule has 1 aromatic carbocycles. The zero-order valence-electron chi connectivity index (χ0n) is 10.5. The molecule has 0 bridgehead atoms. The van der Waals surface area contributed by atoms with E-state index in [2.05, 4.69) is 26.0 Å². The molecule has 16 heavy (non-hydrogen) atoms. The Morgan fingerprint density at radius 1 is 1.25 bits per heavy atom. The molecule has 0 amide bonds. The zero-order chi connectivity index (χ0) is 12.1. The van der Waals surface area contributed by atoms with Gasteiger partial charge in [-0.15, -0.1) is 0 Å². The molecular weight excluding hydrogens is 200 g/mol. The number of benzene rings is 1. The number of ether oxygens (including phenoxy) is 1. The van der Waals surface area contributed by atoms with E-state index >= 15 is 0 Å². The molecule has 0 atom stereocenters. The number of carbonyl (C=O) groups excluding carboxylic acids is 1. The summed E-state index contributed by atoms with van der Waals surface area (Å²) in [6.07, 6.45) is 0.581. The van der Waals surface area contributed by atoms with Gasteiger partial charge in [0.15, 0.2) is 5.78 Å². The summed E-state index contributed by atoms with van der Waals surface area (Å²) in [6.45, 7) is 8.22. The molecular formula is C14H20O2. The Bertz CT molecular complexity index is 367. The highest BCUT2D eigenvalue weighted by Gasteiger charge is 2.06. The van der Waals surface area contributed by atoms with Gasteiger partial charge in [0.25, 0.3) is 0 Å². The lowest BCUT2D eigenvalue weighted by atomic mass is 10.0. The molecule has 0 aliphatic rings. The molecule has 0 radical (unpaired) electrons. The molecule has 0 saturated carbocycles. The van der Waals surface area contributed by atoms with Gasteiger partial charge >= 0.3 is 0 Å². The molecule has 2 heteroatoms. The fraction of sp³-hybridized carbons (Fsp3) is 0.500. The molecule has 0 unspecified atom stereocenters. The van der Waals surface area contributed by atoms with Crippen LogP contribution in [-0.2, 0) is 16.0 Å². The van der Waals surface area contributed by atoms with E-state index in [1.165, 1.54) is 11.1 Å². The fourth-order valence-corrected chi connectivity index (χ4v) is 1.45. The maximum absolute atomic E-state index is 11.6. The Balaban J connectivity index is 2.53. The summed E-state index contributed by atoms with van der Waals surface area (Å²) in [6, 6.07) is 6.14. The molecule has 1 aromatic rings. The predicted molar refractivity (Wildman–Crippen MR) is 65.7 cm³/mol. The van der Waals surface area contributed by atoms with Crippen LogP contribution in [0.5, 0.6) is 0 Å². The minimum absolute atomic E-state index is 0.115. The number of aryl methyl sites for hydroxylation is 2. The second-order valence-electron chi connectivity index (χ2n) is 4.49. The van der Waals surface area contributed by atoms with Gasteiger partial charge in [-0.3, -0.25) is 4.79 Å². The van der Waals surface area contributed by atoms with E-state index in [1.54, 1.807) is 0 Å². The van der Waals surface area contributed by atoms with Crippen molar-refractivity contribution in [2.75, 3.05) is 6.61 Å².